The van der Waals surface area contributed by atoms with Crippen molar-refractivity contribution in [2.45, 2.75) is 38.0 Å². The highest BCUT2D eigenvalue weighted by Gasteiger charge is 2.27. The van der Waals surface area contributed by atoms with E-state index in [2.05, 4.69) is 5.32 Å². The van der Waals surface area contributed by atoms with E-state index in [9.17, 15) is 15.0 Å². The normalized spacial score (nSPS) is 14.9. The zero-order valence-corrected chi connectivity index (χ0v) is 13.2. The second kappa shape index (κ2) is 8.46. The van der Waals surface area contributed by atoms with Gasteiger partial charge in [0, 0.05) is 6.04 Å². The first-order valence-electron chi connectivity index (χ1n) is 7.83. The van der Waals surface area contributed by atoms with Crippen molar-refractivity contribution in [2.75, 3.05) is 0 Å². The molecule has 3 atom stereocenters. The molecule has 122 valence electrons. The second-order valence-electron chi connectivity index (χ2n) is 5.71. The van der Waals surface area contributed by atoms with Crippen LogP contribution in [0.4, 0.5) is 0 Å². The van der Waals surface area contributed by atoms with Crippen LogP contribution in [0.15, 0.2) is 60.7 Å². The summed E-state index contributed by atoms with van der Waals surface area (Å²) < 4.78 is 0. The zero-order valence-electron chi connectivity index (χ0n) is 13.2. The number of aliphatic carboxylic acids is 1. The molecule has 2 aromatic carbocycles. The molecule has 0 aromatic heterocycles. The Kier molecular flexibility index (Phi) is 6.32. The lowest BCUT2D eigenvalue weighted by Gasteiger charge is -2.24. The van der Waals surface area contributed by atoms with Gasteiger partial charge in [-0.1, -0.05) is 60.7 Å². The van der Waals surface area contributed by atoms with Crippen LogP contribution in [0.1, 0.15) is 30.5 Å². The van der Waals surface area contributed by atoms with Gasteiger partial charge >= 0.3 is 5.97 Å². The molecule has 0 aliphatic carbocycles. The van der Waals surface area contributed by atoms with E-state index in [0.717, 1.165) is 11.1 Å². The molecule has 2 aromatic rings. The van der Waals surface area contributed by atoms with Crippen molar-refractivity contribution in [1.29, 1.82) is 0 Å². The first-order chi connectivity index (χ1) is 11.1. The number of benzene rings is 2. The van der Waals surface area contributed by atoms with Crippen LogP contribution in [-0.2, 0) is 11.2 Å². The Morgan fingerprint density at radius 3 is 2.17 bits per heavy atom. The van der Waals surface area contributed by atoms with E-state index in [4.69, 9.17) is 0 Å². The predicted molar refractivity (Wildman–Crippen MR) is 90.2 cm³/mol. The molecule has 0 aliphatic heterocycles. The number of carboxylic acid groups (broad SMARTS) is 1. The Morgan fingerprint density at radius 2 is 1.61 bits per heavy atom. The van der Waals surface area contributed by atoms with Gasteiger partial charge in [0.2, 0.25) is 0 Å². The molecule has 0 aliphatic rings. The van der Waals surface area contributed by atoms with Crippen molar-refractivity contribution in [2.24, 2.45) is 0 Å². The van der Waals surface area contributed by atoms with E-state index in [-0.39, 0.29) is 6.04 Å². The van der Waals surface area contributed by atoms with E-state index in [1.54, 1.807) is 0 Å². The fourth-order valence-corrected chi connectivity index (χ4v) is 2.58. The van der Waals surface area contributed by atoms with Crippen LogP contribution in [0.5, 0.6) is 0 Å². The van der Waals surface area contributed by atoms with E-state index < -0.39 is 18.1 Å². The third-order valence-corrected chi connectivity index (χ3v) is 3.95. The molecule has 0 radical (unpaired) electrons. The molecule has 0 amide bonds. The van der Waals surface area contributed by atoms with E-state index in [1.165, 1.54) is 0 Å². The SMILES string of the molecule is C[C@@H](N[C@@H](C(=O)O)[C@@H](O)CCc1ccccc1)c1ccccc1. The molecule has 0 spiro atoms. The summed E-state index contributed by atoms with van der Waals surface area (Å²) in [4.78, 5) is 11.5. The largest absolute Gasteiger partial charge is 0.480 e. The average molecular weight is 313 g/mol. The highest BCUT2D eigenvalue weighted by Crippen LogP contribution is 2.15. The summed E-state index contributed by atoms with van der Waals surface area (Å²) in [7, 11) is 0. The van der Waals surface area contributed by atoms with Crippen LogP contribution in [0, 0.1) is 0 Å². The second-order valence-corrected chi connectivity index (χ2v) is 5.71. The number of carbonyl (C=O) groups is 1. The maximum atomic E-state index is 11.5. The highest BCUT2D eigenvalue weighted by atomic mass is 16.4. The number of rotatable bonds is 8. The van der Waals surface area contributed by atoms with Crippen LogP contribution >= 0.6 is 0 Å². The van der Waals surface area contributed by atoms with Crippen LogP contribution in [0.2, 0.25) is 0 Å². The van der Waals surface area contributed by atoms with Crippen molar-refractivity contribution in [3.8, 4) is 0 Å². The van der Waals surface area contributed by atoms with Crippen molar-refractivity contribution < 1.29 is 15.0 Å². The van der Waals surface area contributed by atoms with Gasteiger partial charge in [0.25, 0.3) is 0 Å². The molecule has 0 saturated carbocycles. The van der Waals surface area contributed by atoms with Crippen LogP contribution in [0.3, 0.4) is 0 Å². The molecule has 3 N–H and O–H groups in total. The van der Waals surface area contributed by atoms with Gasteiger partial charge in [-0.05, 0) is 30.9 Å². The summed E-state index contributed by atoms with van der Waals surface area (Å²) in [5.74, 6) is -1.03. The van der Waals surface area contributed by atoms with Crippen molar-refractivity contribution >= 4 is 5.97 Å². The van der Waals surface area contributed by atoms with Gasteiger partial charge in [-0.3, -0.25) is 10.1 Å². The lowest BCUT2D eigenvalue weighted by Crippen LogP contribution is -2.47. The lowest BCUT2D eigenvalue weighted by atomic mass is 10.00. The van der Waals surface area contributed by atoms with Crippen molar-refractivity contribution in [3.63, 3.8) is 0 Å². The van der Waals surface area contributed by atoms with Gasteiger partial charge in [-0.2, -0.15) is 0 Å². The molecule has 2 rings (SSSR count). The Morgan fingerprint density at radius 1 is 1.04 bits per heavy atom. The molecular formula is C19H23NO3. The Balaban J connectivity index is 1.96. The van der Waals surface area contributed by atoms with Gasteiger partial charge in [0.1, 0.15) is 6.04 Å². The third-order valence-electron chi connectivity index (χ3n) is 3.95. The summed E-state index contributed by atoms with van der Waals surface area (Å²) in [6.45, 7) is 1.90. The van der Waals surface area contributed by atoms with Crippen LogP contribution in [0.25, 0.3) is 0 Å². The van der Waals surface area contributed by atoms with Gasteiger partial charge in [0.05, 0.1) is 6.10 Å². The monoisotopic (exact) mass is 313 g/mol. The summed E-state index contributed by atoms with van der Waals surface area (Å²) >= 11 is 0. The number of carboxylic acids is 1. The fourth-order valence-electron chi connectivity index (χ4n) is 2.58. The molecule has 4 nitrogen and oxygen atoms in total. The minimum atomic E-state index is -1.03. The van der Waals surface area contributed by atoms with Crippen LogP contribution in [-0.4, -0.2) is 28.3 Å². The van der Waals surface area contributed by atoms with Crippen LogP contribution < -0.4 is 5.32 Å². The predicted octanol–water partition coefficient (Wildman–Crippen LogP) is 2.78. The molecule has 0 saturated heterocycles. The smallest absolute Gasteiger partial charge is 0.323 e. The average Bonchev–Trinajstić information content (AvgIpc) is 2.58. The number of aliphatic hydroxyl groups excluding tert-OH is 1. The van der Waals surface area contributed by atoms with E-state index in [1.807, 2.05) is 67.6 Å². The van der Waals surface area contributed by atoms with Gasteiger partial charge in [0.15, 0.2) is 0 Å². The highest BCUT2D eigenvalue weighted by molar-refractivity contribution is 5.74. The summed E-state index contributed by atoms with van der Waals surface area (Å²) in [5.41, 5.74) is 2.08. The third kappa shape index (κ3) is 5.20. The Hall–Kier alpha value is -2.17. The number of aliphatic hydroxyl groups is 1. The maximum absolute atomic E-state index is 11.5. The first-order valence-corrected chi connectivity index (χ1v) is 7.83. The molecule has 0 bridgehead atoms. The minimum absolute atomic E-state index is 0.149. The van der Waals surface area contributed by atoms with Gasteiger partial charge in [-0.25, -0.2) is 0 Å². The summed E-state index contributed by atoms with van der Waals surface area (Å²) in [6, 6.07) is 18.2. The number of hydrogen-bond acceptors (Lipinski definition) is 3. The summed E-state index contributed by atoms with van der Waals surface area (Å²) in [6.07, 6.45) is 0.0988. The Labute approximate surface area is 136 Å². The fraction of sp³-hybridized carbons (Fsp3) is 0.316. The quantitative estimate of drug-likeness (QED) is 0.701. The van der Waals surface area contributed by atoms with Crippen molar-refractivity contribution in [1.82, 2.24) is 5.32 Å². The maximum Gasteiger partial charge on any atom is 0.323 e. The molecule has 23 heavy (non-hydrogen) atoms. The lowest BCUT2D eigenvalue weighted by molar-refractivity contribution is -0.143. The molecule has 0 unspecified atom stereocenters. The van der Waals surface area contributed by atoms with Crippen molar-refractivity contribution in [3.05, 3.63) is 71.8 Å². The first kappa shape index (κ1) is 17.2. The molecule has 0 fully saturated rings. The Bertz CT molecular complexity index is 601. The van der Waals surface area contributed by atoms with Gasteiger partial charge < -0.3 is 10.2 Å². The number of nitrogens with one attached hydrogen (secondary N) is 1. The van der Waals surface area contributed by atoms with E-state index in [0.29, 0.717) is 12.8 Å². The van der Waals surface area contributed by atoms with E-state index >= 15 is 0 Å². The molecular weight excluding hydrogens is 290 g/mol. The topological polar surface area (TPSA) is 69.6 Å². The molecule has 0 heterocycles. The zero-order chi connectivity index (χ0) is 16.7. The minimum Gasteiger partial charge on any atom is -0.480 e. The number of aryl methyl sites for hydroxylation is 1. The van der Waals surface area contributed by atoms with Gasteiger partial charge in [-0.15, -0.1) is 0 Å². The standard InChI is InChI=1S/C19H23NO3/c1-14(16-10-6-3-7-11-16)20-18(19(22)23)17(21)13-12-15-8-4-2-5-9-15/h2-11,14,17-18,20-21H,12-13H2,1H3,(H,22,23)/t14-,17+,18-/m1/s1. The summed E-state index contributed by atoms with van der Waals surface area (Å²) in [5, 5.41) is 22.7. The number of hydrogen-bond donors (Lipinski definition) is 3. The molecule has 4 heteroatoms.